The molecule has 0 atom stereocenters. The molecule has 1 amide bonds. The Labute approximate surface area is 157 Å². The minimum Gasteiger partial charge on any atom is -0.399 e. The van der Waals surface area contributed by atoms with Gasteiger partial charge in [0, 0.05) is 31.2 Å². The molecule has 2 aliphatic rings. The van der Waals surface area contributed by atoms with E-state index in [1.165, 1.54) is 5.69 Å². The van der Waals surface area contributed by atoms with Gasteiger partial charge in [-0.15, -0.1) is 0 Å². The average molecular weight is 358 g/mol. The minimum atomic E-state index is -0.318. The number of anilines is 1. The summed E-state index contributed by atoms with van der Waals surface area (Å²) in [6, 6.07) is 8.80. The van der Waals surface area contributed by atoms with E-state index in [9.17, 15) is 4.79 Å². The highest BCUT2D eigenvalue weighted by Gasteiger charge is 2.51. The van der Waals surface area contributed by atoms with Crippen molar-refractivity contribution in [2.75, 3.05) is 18.0 Å². The smallest absolute Gasteiger partial charge is 0.399 e. The Hall–Kier alpha value is -1.53. The first-order valence-corrected chi connectivity index (χ1v) is 9.72. The third-order valence-electron chi connectivity index (χ3n) is 5.96. The molecule has 26 heavy (non-hydrogen) atoms. The second-order valence-corrected chi connectivity index (χ2v) is 8.36. The molecule has 0 radical (unpaired) electrons. The van der Waals surface area contributed by atoms with Crippen molar-refractivity contribution in [1.29, 1.82) is 0 Å². The normalized spacial score (nSPS) is 22.5. The predicted molar refractivity (Wildman–Crippen MR) is 106 cm³/mol. The zero-order valence-corrected chi connectivity index (χ0v) is 16.7. The van der Waals surface area contributed by atoms with Crippen LogP contribution in [0.2, 0.25) is 0 Å². The number of rotatable bonds is 4. The lowest BCUT2D eigenvalue weighted by molar-refractivity contribution is -0.121. The van der Waals surface area contributed by atoms with E-state index in [-0.39, 0.29) is 24.2 Å². The van der Waals surface area contributed by atoms with E-state index in [0.717, 1.165) is 31.4 Å². The third kappa shape index (κ3) is 3.91. The molecule has 2 fully saturated rings. The van der Waals surface area contributed by atoms with Crippen molar-refractivity contribution in [3.63, 3.8) is 0 Å². The summed E-state index contributed by atoms with van der Waals surface area (Å²) in [5.41, 5.74) is 1.63. The molecule has 0 unspecified atom stereocenters. The van der Waals surface area contributed by atoms with Crippen LogP contribution in [0.1, 0.15) is 53.9 Å². The summed E-state index contributed by atoms with van der Waals surface area (Å²) in [6.07, 6.45) is 2.54. The Morgan fingerprint density at radius 3 is 2.15 bits per heavy atom. The Balaban J connectivity index is 1.58. The number of piperidine rings is 1. The molecule has 6 heteroatoms. The van der Waals surface area contributed by atoms with E-state index < -0.39 is 0 Å². The van der Waals surface area contributed by atoms with Crippen LogP contribution in [-0.2, 0) is 14.1 Å². The maximum Gasteiger partial charge on any atom is 0.494 e. The van der Waals surface area contributed by atoms with E-state index in [1.54, 1.807) is 0 Å². The molecular weight excluding hydrogens is 327 g/mol. The van der Waals surface area contributed by atoms with E-state index in [4.69, 9.17) is 9.31 Å². The van der Waals surface area contributed by atoms with Crippen molar-refractivity contribution in [2.24, 2.45) is 0 Å². The maximum atomic E-state index is 11.5. The maximum absolute atomic E-state index is 11.5. The van der Waals surface area contributed by atoms with Crippen LogP contribution in [-0.4, -0.2) is 43.4 Å². The van der Waals surface area contributed by atoms with Gasteiger partial charge in [0.15, 0.2) is 0 Å². The van der Waals surface area contributed by atoms with Gasteiger partial charge in [0.1, 0.15) is 0 Å². The Morgan fingerprint density at radius 1 is 1.12 bits per heavy atom. The first kappa shape index (κ1) is 19.2. The van der Waals surface area contributed by atoms with Crippen LogP contribution >= 0.6 is 0 Å². The molecule has 0 aliphatic carbocycles. The highest BCUT2D eigenvalue weighted by Crippen LogP contribution is 2.36. The zero-order chi connectivity index (χ0) is 18.9. The monoisotopic (exact) mass is 358 g/mol. The molecule has 5 nitrogen and oxygen atoms in total. The van der Waals surface area contributed by atoms with Crippen molar-refractivity contribution >= 4 is 24.2 Å². The van der Waals surface area contributed by atoms with Gasteiger partial charge in [-0.1, -0.05) is 19.1 Å². The van der Waals surface area contributed by atoms with Crippen molar-refractivity contribution in [3.8, 4) is 0 Å². The van der Waals surface area contributed by atoms with Crippen LogP contribution in [0, 0.1) is 0 Å². The molecule has 2 aliphatic heterocycles. The van der Waals surface area contributed by atoms with Gasteiger partial charge in [-0.3, -0.25) is 4.79 Å². The summed E-state index contributed by atoms with van der Waals surface area (Å²) in [5.74, 6) is 0.148. The number of hydrogen-bond donors (Lipinski definition) is 1. The number of amides is 1. The van der Waals surface area contributed by atoms with Crippen LogP contribution in [0.5, 0.6) is 0 Å². The van der Waals surface area contributed by atoms with Crippen molar-refractivity contribution < 1.29 is 14.1 Å². The Morgan fingerprint density at radius 2 is 1.65 bits per heavy atom. The molecule has 142 valence electrons. The molecule has 2 heterocycles. The first-order valence-electron chi connectivity index (χ1n) is 9.72. The van der Waals surface area contributed by atoms with Gasteiger partial charge in [-0.2, -0.15) is 0 Å². The van der Waals surface area contributed by atoms with Gasteiger partial charge in [0.05, 0.1) is 11.2 Å². The van der Waals surface area contributed by atoms with Gasteiger partial charge >= 0.3 is 7.12 Å². The molecule has 0 spiro atoms. The summed E-state index contributed by atoms with van der Waals surface area (Å²) in [4.78, 5) is 13.9. The molecule has 0 saturated carbocycles. The zero-order valence-electron chi connectivity index (χ0n) is 16.7. The van der Waals surface area contributed by atoms with Gasteiger partial charge in [-0.25, -0.2) is 0 Å². The summed E-state index contributed by atoms with van der Waals surface area (Å²) >= 11 is 0. The summed E-state index contributed by atoms with van der Waals surface area (Å²) in [7, 11) is -0.316. The number of carbonyl (C=O) groups is 1. The van der Waals surface area contributed by atoms with Crippen molar-refractivity contribution in [2.45, 2.75) is 71.1 Å². The topological polar surface area (TPSA) is 50.8 Å². The fourth-order valence-electron chi connectivity index (χ4n) is 3.43. The number of nitrogens with one attached hydrogen (secondary N) is 1. The quantitative estimate of drug-likeness (QED) is 0.841. The highest BCUT2D eigenvalue weighted by molar-refractivity contribution is 6.62. The first-order chi connectivity index (χ1) is 12.2. The fraction of sp³-hybridized carbons (Fsp3) is 0.650. The molecule has 1 aromatic rings. The number of nitrogens with zero attached hydrogens (tertiary/aromatic N) is 1. The minimum absolute atomic E-state index is 0.148. The van der Waals surface area contributed by atoms with Crippen LogP contribution < -0.4 is 15.7 Å². The lowest BCUT2D eigenvalue weighted by Gasteiger charge is -2.34. The average Bonchev–Trinajstić information content (AvgIpc) is 2.83. The van der Waals surface area contributed by atoms with Gasteiger partial charge in [0.2, 0.25) is 5.91 Å². The number of benzene rings is 1. The van der Waals surface area contributed by atoms with Gasteiger partial charge in [0.25, 0.3) is 0 Å². The van der Waals surface area contributed by atoms with Crippen LogP contribution in [0.25, 0.3) is 0 Å². The fourth-order valence-corrected chi connectivity index (χ4v) is 3.43. The predicted octanol–water partition coefficient (Wildman–Crippen LogP) is 2.48. The highest BCUT2D eigenvalue weighted by atomic mass is 16.7. The van der Waals surface area contributed by atoms with Crippen LogP contribution in [0.15, 0.2) is 24.3 Å². The van der Waals surface area contributed by atoms with Crippen molar-refractivity contribution in [3.05, 3.63) is 24.3 Å². The van der Waals surface area contributed by atoms with E-state index in [2.05, 4.69) is 62.2 Å². The lowest BCUT2D eigenvalue weighted by atomic mass is 9.79. The third-order valence-corrected chi connectivity index (χ3v) is 5.96. The molecule has 0 bridgehead atoms. The molecule has 3 rings (SSSR count). The second-order valence-electron chi connectivity index (χ2n) is 8.36. The Kier molecular flexibility index (Phi) is 5.36. The molecular formula is C20H31BN2O3. The van der Waals surface area contributed by atoms with Gasteiger partial charge in [-0.05, 0) is 58.1 Å². The van der Waals surface area contributed by atoms with Crippen molar-refractivity contribution in [1.82, 2.24) is 5.32 Å². The molecule has 1 N–H and O–H groups in total. The van der Waals surface area contributed by atoms with Crippen LogP contribution in [0.4, 0.5) is 5.69 Å². The summed E-state index contributed by atoms with van der Waals surface area (Å²) in [5, 5.41) is 3.10. The van der Waals surface area contributed by atoms with E-state index in [1.807, 2.05) is 6.92 Å². The second kappa shape index (κ2) is 7.24. The number of hydrogen-bond acceptors (Lipinski definition) is 4. The SMILES string of the molecule is CCC(=O)NC1CCN(c2ccc(B3OC(C)(C)C(C)(C)O3)cc2)CC1. The molecule has 2 saturated heterocycles. The van der Waals surface area contributed by atoms with Gasteiger partial charge < -0.3 is 19.5 Å². The Bertz CT molecular complexity index is 621. The van der Waals surface area contributed by atoms with Crippen LogP contribution in [0.3, 0.4) is 0 Å². The molecule has 0 aromatic heterocycles. The van der Waals surface area contributed by atoms with E-state index >= 15 is 0 Å². The lowest BCUT2D eigenvalue weighted by Crippen LogP contribution is -2.44. The largest absolute Gasteiger partial charge is 0.494 e. The number of carbonyl (C=O) groups excluding carboxylic acids is 1. The summed E-state index contributed by atoms with van der Waals surface area (Å²) < 4.78 is 12.2. The molecule has 1 aromatic carbocycles. The summed E-state index contributed by atoms with van der Waals surface area (Å²) in [6.45, 7) is 12.1. The standard InChI is InChI=1S/C20H31BN2O3/c1-6-18(24)22-16-11-13-23(14-12-16)17-9-7-15(8-10-17)21-25-19(2,3)20(4,5)26-21/h7-10,16H,6,11-14H2,1-5H3,(H,22,24). The van der Waals surface area contributed by atoms with E-state index in [0.29, 0.717) is 12.5 Å².